The van der Waals surface area contributed by atoms with Crippen LogP contribution >= 0.6 is 0 Å². The SMILES string of the molecule is CC(C)(C)CC(O)CNCC(/C(N)=N/O)c1ccccc1. The van der Waals surface area contributed by atoms with E-state index in [4.69, 9.17) is 10.9 Å². The van der Waals surface area contributed by atoms with Gasteiger partial charge in [0.2, 0.25) is 0 Å². The molecule has 1 aromatic carbocycles. The lowest BCUT2D eigenvalue weighted by Gasteiger charge is -2.23. The van der Waals surface area contributed by atoms with Gasteiger partial charge in [-0.05, 0) is 17.4 Å². The van der Waals surface area contributed by atoms with Crippen LogP contribution in [0.1, 0.15) is 38.7 Å². The van der Waals surface area contributed by atoms with E-state index >= 15 is 0 Å². The lowest BCUT2D eigenvalue weighted by atomic mass is 9.89. The second kappa shape index (κ2) is 8.00. The van der Waals surface area contributed by atoms with Gasteiger partial charge >= 0.3 is 0 Å². The van der Waals surface area contributed by atoms with Crippen LogP contribution < -0.4 is 11.1 Å². The van der Waals surface area contributed by atoms with Crippen LogP contribution in [-0.4, -0.2) is 35.3 Å². The molecule has 0 bridgehead atoms. The standard InChI is InChI=1S/C16H27N3O2/c1-16(2,3)9-13(20)10-18-11-14(15(17)19-21)12-7-5-4-6-8-12/h4-8,13-14,18,20-21H,9-11H2,1-3H3,(H2,17,19). The Kier molecular flexibility index (Phi) is 6.65. The Hall–Kier alpha value is -1.59. The maximum Gasteiger partial charge on any atom is 0.147 e. The number of aliphatic hydroxyl groups is 1. The number of hydrogen-bond donors (Lipinski definition) is 4. The summed E-state index contributed by atoms with van der Waals surface area (Å²) in [6, 6.07) is 9.64. The molecule has 0 saturated heterocycles. The Morgan fingerprint density at radius 1 is 1.24 bits per heavy atom. The molecule has 0 amide bonds. The molecule has 0 aliphatic rings. The maximum absolute atomic E-state index is 9.99. The van der Waals surface area contributed by atoms with Gasteiger partial charge in [0.25, 0.3) is 0 Å². The summed E-state index contributed by atoms with van der Waals surface area (Å²) in [5.41, 5.74) is 6.83. The molecule has 118 valence electrons. The molecule has 0 saturated carbocycles. The molecule has 0 spiro atoms. The number of aliphatic hydroxyl groups excluding tert-OH is 1. The summed E-state index contributed by atoms with van der Waals surface area (Å²) in [4.78, 5) is 0. The molecule has 2 unspecified atom stereocenters. The molecule has 0 aliphatic carbocycles. The van der Waals surface area contributed by atoms with Crippen LogP contribution in [0.3, 0.4) is 0 Å². The smallest absolute Gasteiger partial charge is 0.147 e. The van der Waals surface area contributed by atoms with Gasteiger partial charge in [0.15, 0.2) is 0 Å². The molecule has 1 aromatic rings. The number of amidine groups is 1. The molecular formula is C16H27N3O2. The summed E-state index contributed by atoms with van der Waals surface area (Å²) in [5, 5.41) is 25.2. The Labute approximate surface area is 126 Å². The molecule has 21 heavy (non-hydrogen) atoms. The average Bonchev–Trinajstić information content (AvgIpc) is 2.42. The zero-order chi connectivity index (χ0) is 15.9. The fourth-order valence-electron chi connectivity index (χ4n) is 2.32. The summed E-state index contributed by atoms with van der Waals surface area (Å²) in [7, 11) is 0. The molecule has 5 heteroatoms. The molecular weight excluding hydrogens is 266 g/mol. The monoisotopic (exact) mass is 293 g/mol. The number of hydrogen-bond acceptors (Lipinski definition) is 4. The Bertz CT molecular complexity index is 441. The van der Waals surface area contributed by atoms with E-state index in [2.05, 4.69) is 31.2 Å². The second-order valence-electron chi connectivity index (χ2n) is 6.56. The number of nitrogens with one attached hydrogen (secondary N) is 1. The number of nitrogens with two attached hydrogens (primary N) is 1. The molecule has 5 N–H and O–H groups in total. The van der Waals surface area contributed by atoms with Gasteiger partial charge in [-0.15, -0.1) is 0 Å². The zero-order valence-electron chi connectivity index (χ0n) is 13.1. The van der Waals surface area contributed by atoms with Gasteiger partial charge in [-0.3, -0.25) is 0 Å². The predicted octanol–water partition coefficient (Wildman–Crippen LogP) is 1.90. The van der Waals surface area contributed by atoms with E-state index in [1.807, 2.05) is 30.3 Å². The zero-order valence-corrected chi connectivity index (χ0v) is 13.1. The van der Waals surface area contributed by atoms with Crippen LogP contribution in [0.15, 0.2) is 35.5 Å². The first-order chi connectivity index (χ1) is 9.83. The van der Waals surface area contributed by atoms with E-state index in [0.717, 1.165) is 12.0 Å². The average molecular weight is 293 g/mol. The quantitative estimate of drug-likeness (QED) is 0.267. The van der Waals surface area contributed by atoms with Crippen LogP contribution in [-0.2, 0) is 0 Å². The maximum atomic E-state index is 9.99. The highest BCUT2D eigenvalue weighted by Gasteiger charge is 2.19. The van der Waals surface area contributed by atoms with Crippen LogP contribution in [0.5, 0.6) is 0 Å². The van der Waals surface area contributed by atoms with E-state index in [1.165, 1.54) is 0 Å². The van der Waals surface area contributed by atoms with E-state index in [-0.39, 0.29) is 17.2 Å². The normalized spacial score (nSPS) is 15.7. The lowest BCUT2D eigenvalue weighted by molar-refractivity contribution is 0.120. The van der Waals surface area contributed by atoms with Crippen molar-refractivity contribution in [2.45, 2.75) is 39.2 Å². The van der Waals surface area contributed by atoms with Crippen molar-refractivity contribution in [1.82, 2.24) is 5.32 Å². The molecule has 2 atom stereocenters. The first kappa shape index (κ1) is 17.5. The highest BCUT2D eigenvalue weighted by Crippen LogP contribution is 2.20. The minimum Gasteiger partial charge on any atom is -0.409 e. The van der Waals surface area contributed by atoms with Crippen molar-refractivity contribution in [3.63, 3.8) is 0 Å². The fraction of sp³-hybridized carbons (Fsp3) is 0.562. The van der Waals surface area contributed by atoms with E-state index in [9.17, 15) is 5.11 Å². The first-order valence-electron chi connectivity index (χ1n) is 7.24. The Morgan fingerprint density at radius 3 is 2.38 bits per heavy atom. The minimum atomic E-state index is -0.409. The van der Waals surface area contributed by atoms with Gasteiger partial charge in [0.05, 0.1) is 12.0 Å². The predicted molar refractivity (Wildman–Crippen MR) is 85.5 cm³/mol. The van der Waals surface area contributed by atoms with Crippen LogP contribution in [0.4, 0.5) is 0 Å². The van der Waals surface area contributed by atoms with Crippen LogP contribution in [0.25, 0.3) is 0 Å². The molecule has 0 heterocycles. The summed E-state index contributed by atoms with van der Waals surface area (Å²) < 4.78 is 0. The summed E-state index contributed by atoms with van der Waals surface area (Å²) in [6.07, 6.45) is 0.313. The number of oxime groups is 1. The summed E-state index contributed by atoms with van der Waals surface area (Å²) in [6.45, 7) is 7.29. The number of nitrogens with zero attached hydrogens (tertiary/aromatic N) is 1. The topological polar surface area (TPSA) is 90.9 Å². The van der Waals surface area contributed by atoms with Crippen molar-refractivity contribution in [2.75, 3.05) is 13.1 Å². The third kappa shape index (κ3) is 6.60. The fourth-order valence-corrected chi connectivity index (χ4v) is 2.32. The third-order valence-electron chi connectivity index (χ3n) is 3.25. The van der Waals surface area contributed by atoms with Gasteiger partial charge in [0, 0.05) is 13.1 Å². The largest absolute Gasteiger partial charge is 0.409 e. The minimum absolute atomic E-state index is 0.0888. The third-order valence-corrected chi connectivity index (χ3v) is 3.25. The van der Waals surface area contributed by atoms with Gasteiger partial charge in [-0.25, -0.2) is 0 Å². The lowest BCUT2D eigenvalue weighted by Crippen LogP contribution is -2.36. The Balaban J connectivity index is 2.56. The van der Waals surface area contributed by atoms with E-state index in [1.54, 1.807) is 0 Å². The number of rotatable bonds is 7. The van der Waals surface area contributed by atoms with Gasteiger partial charge in [-0.1, -0.05) is 56.3 Å². The highest BCUT2D eigenvalue weighted by molar-refractivity contribution is 5.87. The van der Waals surface area contributed by atoms with Gasteiger partial charge in [-0.2, -0.15) is 0 Å². The van der Waals surface area contributed by atoms with Crippen molar-refractivity contribution in [3.8, 4) is 0 Å². The molecule has 1 rings (SSSR count). The van der Waals surface area contributed by atoms with Crippen molar-refractivity contribution in [2.24, 2.45) is 16.3 Å². The number of benzene rings is 1. The van der Waals surface area contributed by atoms with E-state index in [0.29, 0.717) is 13.1 Å². The van der Waals surface area contributed by atoms with Crippen molar-refractivity contribution in [1.29, 1.82) is 0 Å². The van der Waals surface area contributed by atoms with Crippen molar-refractivity contribution < 1.29 is 10.3 Å². The van der Waals surface area contributed by atoms with Gasteiger partial charge in [0.1, 0.15) is 5.84 Å². The molecule has 0 aliphatic heterocycles. The van der Waals surface area contributed by atoms with E-state index < -0.39 is 6.10 Å². The van der Waals surface area contributed by atoms with Crippen molar-refractivity contribution >= 4 is 5.84 Å². The molecule has 0 fully saturated rings. The van der Waals surface area contributed by atoms with Gasteiger partial charge < -0.3 is 21.4 Å². The summed E-state index contributed by atoms with van der Waals surface area (Å²) in [5.74, 6) is -0.0444. The van der Waals surface area contributed by atoms with Crippen molar-refractivity contribution in [3.05, 3.63) is 35.9 Å². The first-order valence-corrected chi connectivity index (χ1v) is 7.24. The molecule has 5 nitrogen and oxygen atoms in total. The highest BCUT2D eigenvalue weighted by atomic mass is 16.4. The van der Waals surface area contributed by atoms with Crippen LogP contribution in [0.2, 0.25) is 0 Å². The molecule has 0 radical (unpaired) electrons. The summed E-state index contributed by atoms with van der Waals surface area (Å²) >= 11 is 0. The molecule has 0 aromatic heterocycles. The van der Waals surface area contributed by atoms with Crippen LogP contribution in [0, 0.1) is 5.41 Å². The second-order valence-corrected chi connectivity index (χ2v) is 6.56. The Morgan fingerprint density at radius 2 is 1.86 bits per heavy atom.